The van der Waals surface area contributed by atoms with Crippen LogP contribution in [-0.2, 0) is 14.3 Å². The van der Waals surface area contributed by atoms with Crippen molar-refractivity contribution < 1.29 is 24.2 Å². The third-order valence-electron chi connectivity index (χ3n) is 4.71. The SMILES string of the molecule is CC(C)OC(=O)CCCC=CC[C@H]1C(=O)CC=C1C=C[C@@H](O)COc1cccc(Cl)c1. The molecule has 5 nitrogen and oxygen atoms in total. The molecular formula is C25H31ClO5. The van der Waals surface area contributed by atoms with E-state index in [0.717, 1.165) is 18.4 Å². The Balaban J connectivity index is 1.74. The van der Waals surface area contributed by atoms with Gasteiger partial charge in [-0.3, -0.25) is 9.59 Å². The Labute approximate surface area is 189 Å². The average molecular weight is 447 g/mol. The van der Waals surface area contributed by atoms with Crippen LogP contribution in [0.15, 0.2) is 60.2 Å². The van der Waals surface area contributed by atoms with E-state index < -0.39 is 6.10 Å². The second-order valence-corrected chi connectivity index (χ2v) is 8.20. The molecule has 2 atom stereocenters. The zero-order valence-corrected chi connectivity index (χ0v) is 18.9. The Kier molecular flexibility index (Phi) is 10.5. The van der Waals surface area contributed by atoms with Crippen LogP contribution in [0.3, 0.4) is 0 Å². The summed E-state index contributed by atoms with van der Waals surface area (Å²) in [6.45, 7) is 3.77. The number of carbonyl (C=O) groups is 2. The van der Waals surface area contributed by atoms with Crippen LogP contribution < -0.4 is 4.74 Å². The van der Waals surface area contributed by atoms with E-state index in [9.17, 15) is 14.7 Å². The molecule has 0 saturated heterocycles. The van der Waals surface area contributed by atoms with Crippen LogP contribution >= 0.6 is 11.6 Å². The van der Waals surface area contributed by atoms with Crippen LogP contribution in [0, 0.1) is 5.92 Å². The molecule has 0 fully saturated rings. The van der Waals surface area contributed by atoms with E-state index in [-0.39, 0.29) is 30.4 Å². The number of esters is 1. The predicted molar refractivity (Wildman–Crippen MR) is 122 cm³/mol. The number of allylic oxidation sites excluding steroid dienone is 5. The minimum atomic E-state index is -0.794. The maximum Gasteiger partial charge on any atom is 0.306 e. The lowest BCUT2D eigenvalue weighted by Gasteiger charge is -2.11. The summed E-state index contributed by atoms with van der Waals surface area (Å²) in [4.78, 5) is 23.7. The maximum atomic E-state index is 12.2. The van der Waals surface area contributed by atoms with Crippen molar-refractivity contribution in [3.8, 4) is 5.75 Å². The topological polar surface area (TPSA) is 72.8 Å². The van der Waals surface area contributed by atoms with Crippen molar-refractivity contribution in [3.05, 3.63) is 65.2 Å². The molecule has 2 rings (SSSR count). The standard InChI is InChI=1S/C25H31ClO5/c1-18(2)31-25(29)11-6-4-3-5-10-23-19(13-15-24(23)28)12-14-21(27)17-30-22-9-7-8-20(26)16-22/h3,5,7-9,12-14,16,18,21,23,27H,4,6,10-11,15,17H2,1-2H3/t21-,23-/m1/s1. The number of rotatable bonds is 12. The summed E-state index contributed by atoms with van der Waals surface area (Å²) in [7, 11) is 0. The molecule has 0 radical (unpaired) electrons. The minimum absolute atomic E-state index is 0.0865. The number of Topliss-reactive ketones (excluding diaryl/α,β-unsaturated/α-hetero) is 1. The first kappa shape index (κ1) is 24.9. The predicted octanol–water partition coefficient (Wildman–Crippen LogP) is 5.22. The fraction of sp³-hybridized carbons (Fsp3) is 0.440. The molecule has 0 aromatic heterocycles. The minimum Gasteiger partial charge on any atom is -0.491 e. The van der Waals surface area contributed by atoms with E-state index in [2.05, 4.69) is 0 Å². The van der Waals surface area contributed by atoms with Crippen LogP contribution in [-0.4, -0.2) is 35.7 Å². The molecule has 0 spiro atoms. The van der Waals surface area contributed by atoms with E-state index in [4.69, 9.17) is 21.1 Å². The van der Waals surface area contributed by atoms with Gasteiger partial charge in [0.05, 0.1) is 6.10 Å². The molecule has 31 heavy (non-hydrogen) atoms. The normalized spacial score (nSPS) is 17.5. The summed E-state index contributed by atoms with van der Waals surface area (Å²) in [5.74, 6) is 0.396. The first-order valence-electron chi connectivity index (χ1n) is 10.7. The Morgan fingerprint density at radius 2 is 2.13 bits per heavy atom. The van der Waals surface area contributed by atoms with Crippen molar-refractivity contribution >= 4 is 23.4 Å². The van der Waals surface area contributed by atoms with Crippen LogP contribution in [0.5, 0.6) is 5.75 Å². The molecule has 1 N–H and O–H groups in total. The molecule has 1 aliphatic carbocycles. The maximum absolute atomic E-state index is 12.2. The zero-order valence-electron chi connectivity index (χ0n) is 18.1. The number of carbonyl (C=O) groups excluding carboxylic acids is 2. The van der Waals surface area contributed by atoms with Gasteiger partial charge in [-0.25, -0.2) is 0 Å². The van der Waals surface area contributed by atoms with Gasteiger partial charge in [0, 0.05) is 23.8 Å². The highest BCUT2D eigenvalue weighted by molar-refractivity contribution is 6.30. The number of benzene rings is 1. The second kappa shape index (κ2) is 13.1. The second-order valence-electron chi connectivity index (χ2n) is 7.76. The number of halogens is 1. The van der Waals surface area contributed by atoms with Gasteiger partial charge in [-0.2, -0.15) is 0 Å². The summed E-state index contributed by atoms with van der Waals surface area (Å²) in [6.07, 6.45) is 11.4. The van der Waals surface area contributed by atoms with Crippen molar-refractivity contribution in [2.24, 2.45) is 5.92 Å². The van der Waals surface area contributed by atoms with Crippen molar-refractivity contribution in [2.45, 2.75) is 58.2 Å². The lowest BCUT2D eigenvalue weighted by Crippen LogP contribution is -2.15. The molecule has 6 heteroatoms. The van der Waals surface area contributed by atoms with E-state index >= 15 is 0 Å². The molecule has 0 bridgehead atoms. The first-order chi connectivity index (χ1) is 14.8. The largest absolute Gasteiger partial charge is 0.491 e. The van der Waals surface area contributed by atoms with Crippen molar-refractivity contribution in [3.63, 3.8) is 0 Å². The highest BCUT2D eigenvalue weighted by atomic mass is 35.5. The molecule has 1 aromatic carbocycles. The van der Waals surface area contributed by atoms with Crippen LogP contribution in [0.1, 0.15) is 46.0 Å². The molecule has 0 aliphatic heterocycles. The molecule has 1 aromatic rings. The van der Waals surface area contributed by atoms with Gasteiger partial charge in [0.15, 0.2) is 0 Å². The molecule has 0 saturated carbocycles. The summed E-state index contributed by atoms with van der Waals surface area (Å²) in [5.41, 5.74) is 0.914. The zero-order chi connectivity index (χ0) is 22.6. The monoisotopic (exact) mass is 446 g/mol. The van der Waals surface area contributed by atoms with Gasteiger partial charge in [0.2, 0.25) is 0 Å². The molecule has 0 heterocycles. The van der Waals surface area contributed by atoms with Gasteiger partial charge >= 0.3 is 5.97 Å². The summed E-state index contributed by atoms with van der Waals surface area (Å²) >= 11 is 5.92. The van der Waals surface area contributed by atoms with E-state index in [1.807, 2.05) is 32.1 Å². The molecule has 0 unspecified atom stereocenters. The van der Waals surface area contributed by atoms with Crippen LogP contribution in [0.4, 0.5) is 0 Å². The van der Waals surface area contributed by atoms with Crippen LogP contribution in [0.2, 0.25) is 5.02 Å². The summed E-state index contributed by atoms with van der Waals surface area (Å²) in [6, 6.07) is 7.00. The fourth-order valence-corrected chi connectivity index (χ4v) is 3.37. The Hall–Kier alpha value is -2.37. The molecule has 0 amide bonds. The average Bonchev–Trinajstić information content (AvgIpc) is 3.06. The molecule has 1 aliphatic rings. The van der Waals surface area contributed by atoms with Gasteiger partial charge in [0.1, 0.15) is 24.2 Å². The van der Waals surface area contributed by atoms with Crippen molar-refractivity contribution in [2.75, 3.05) is 6.61 Å². The Bertz CT molecular complexity index is 825. The van der Waals surface area contributed by atoms with Gasteiger partial charge in [0.25, 0.3) is 0 Å². The number of ketones is 1. The lowest BCUT2D eigenvalue weighted by atomic mass is 9.95. The lowest BCUT2D eigenvalue weighted by molar-refractivity contribution is -0.147. The smallest absolute Gasteiger partial charge is 0.306 e. The van der Waals surface area contributed by atoms with E-state index in [1.165, 1.54) is 0 Å². The first-order valence-corrected chi connectivity index (χ1v) is 11.0. The van der Waals surface area contributed by atoms with Gasteiger partial charge in [-0.05, 0) is 56.9 Å². The van der Waals surface area contributed by atoms with Crippen molar-refractivity contribution in [1.29, 1.82) is 0 Å². The number of hydrogen-bond donors (Lipinski definition) is 1. The summed E-state index contributed by atoms with van der Waals surface area (Å²) in [5, 5.41) is 10.7. The van der Waals surface area contributed by atoms with Gasteiger partial charge in [-0.1, -0.05) is 48.0 Å². The Morgan fingerprint density at radius 3 is 2.87 bits per heavy atom. The van der Waals surface area contributed by atoms with E-state index in [1.54, 1.807) is 36.4 Å². The summed E-state index contributed by atoms with van der Waals surface area (Å²) < 4.78 is 10.6. The number of ether oxygens (including phenoxy) is 2. The third-order valence-corrected chi connectivity index (χ3v) is 4.95. The van der Waals surface area contributed by atoms with Crippen molar-refractivity contribution in [1.82, 2.24) is 0 Å². The quantitative estimate of drug-likeness (QED) is 0.271. The number of hydrogen-bond acceptors (Lipinski definition) is 5. The molecule has 168 valence electrons. The number of aliphatic hydroxyl groups excluding tert-OH is 1. The number of unbranched alkanes of at least 4 members (excludes halogenated alkanes) is 1. The van der Waals surface area contributed by atoms with Crippen LogP contribution in [0.25, 0.3) is 0 Å². The highest BCUT2D eigenvalue weighted by Gasteiger charge is 2.24. The Morgan fingerprint density at radius 1 is 1.32 bits per heavy atom. The fourth-order valence-electron chi connectivity index (χ4n) is 3.19. The van der Waals surface area contributed by atoms with Gasteiger partial charge in [-0.15, -0.1) is 0 Å². The third kappa shape index (κ3) is 9.53. The molecular weight excluding hydrogens is 416 g/mol. The van der Waals surface area contributed by atoms with E-state index in [0.29, 0.717) is 30.0 Å². The van der Waals surface area contributed by atoms with Gasteiger partial charge < -0.3 is 14.6 Å². The number of aliphatic hydroxyl groups is 1. The highest BCUT2D eigenvalue weighted by Crippen LogP contribution is 2.27.